The molecule has 0 saturated heterocycles. The Morgan fingerprint density at radius 3 is 2.55 bits per heavy atom. The van der Waals surface area contributed by atoms with E-state index in [0.29, 0.717) is 11.3 Å². The zero-order chi connectivity index (χ0) is 14.4. The maximum Gasteiger partial charge on any atom is 0.263 e. The van der Waals surface area contributed by atoms with Crippen molar-refractivity contribution >= 4 is 15.7 Å². The molecule has 2 rings (SSSR count). The Labute approximate surface area is 117 Å². The summed E-state index contributed by atoms with van der Waals surface area (Å²) in [6.45, 7) is 0.173. The minimum Gasteiger partial charge on any atom is -0.320 e. The Morgan fingerprint density at radius 2 is 1.85 bits per heavy atom. The number of nitrogens with two attached hydrogens (primary N) is 1. The Balaban J connectivity index is 2.40. The molecule has 20 heavy (non-hydrogen) atoms. The Hall–Kier alpha value is -2.36. The van der Waals surface area contributed by atoms with Gasteiger partial charge in [0.2, 0.25) is 0 Å². The second-order valence-electron chi connectivity index (χ2n) is 3.84. The van der Waals surface area contributed by atoms with E-state index in [2.05, 4.69) is 21.5 Å². The molecule has 3 N–H and O–H groups in total. The highest BCUT2D eigenvalue weighted by Gasteiger charge is 2.17. The smallest absolute Gasteiger partial charge is 0.263 e. The van der Waals surface area contributed by atoms with Crippen molar-refractivity contribution in [2.24, 2.45) is 5.73 Å². The normalized spacial score (nSPS) is 10.4. The van der Waals surface area contributed by atoms with Gasteiger partial charge in [0.25, 0.3) is 10.0 Å². The number of pyridine rings is 1. The van der Waals surface area contributed by atoms with Crippen molar-refractivity contribution in [3.8, 4) is 11.8 Å². The van der Waals surface area contributed by atoms with Gasteiger partial charge in [0, 0.05) is 18.0 Å². The highest BCUT2D eigenvalue weighted by atomic mass is 32.2. The summed E-state index contributed by atoms with van der Waals surface area (Å²) in [7, 11) is -3.70. The molecule has 0 spiro atoms. The number of hydrogen-bond acceptors (Lipinski definition) is 4. The quantitative estimate of drug-likeness (QED) is 0.830. The number of nitrogens with one attached hydrogen (secondary N) is 1. The van der Waals surface area contributed by atoms with E-state index in [1.54, 1.807) is 30.3 Å². The summed E-state index contributed by atoms with van der Waals surface area (Å²) in [6, 6.07) is 9.67. The van der Waals surface area contributed by atoms with Crippen LogP contribution in [0.25, 0.3) is 0 Å². The van der Waals surface area contributed by atoms with Crippen LogP contribution in [0, 0.1) is 11.8 Å². The molecule has 0 saturated carbocycles. The third-order valence-electron chi connectivity index (χ3n) is 2.43. The molecule has 0 unspecified atom stereocenters. The molecule has 0 atom stereocenters. The molecule has 0 amide bonds. The SMILES string of the molecule is NCC#Cc1ccccc1S(=O)(=O)Nc1ccncc1. The highest BCUT2D eigenvalue weighted by molar-refractivity contribution is 7.92. The number of sulfonamides is 1. The molecule has 0 aliphatic heterocycles. The summed E-state index contributed by atoms with van der Waals surface area (Å²) in [4.78, 5) is 3.96. The van der Waals surface area contributed by atoms with Crippen molar-refractivity contribution in [3.05, 3.63) is 54.4 Å². The van der Waals surface area contributed by atoms with Crippen LogP contribution in [0.2, 0.25) is 0 Å². The van der Waals surface area contributed by atoms with E-state index >= 15 is 0 Å². The largest absolute Gasteiger partial charge is 0.320 e. The third-order valence-corrected chi connectivity index (χ3v) is 3.87. The van der Waals surface area contributed by atoms with Crippen molar-refractivity contribution in [2.75, 3.05) is 11.3 Å². The predicted octanol–water partition coefficient (Wildman–Crippen LogP) is 1.19. The number of anilines is 1. The van der Waals surface area contributed by atoms with Crippen molar-refractivity contribution in [1.82, 2.24) is 4.98 Å². The molecule has 102 valence electrons. The Bertz CT molecular complexity index is 747. The molecular weight excluding hydrogens is 274 g/mol. The van der Waals surface area contributed by atoms with Gasteiger partial charge in [-0.2, -0.15) is 0 Å². The monoisotopic (exact) mass is 287 g/mol. The molecule has 1 heterocycles. The van der Waals surface area contributed by atoms with Crippen LogP contribution in [-0.2, 0) is 10.0 Å². The molecule has 1 aromatic heterocycles. The van der Waals surface area contributed by atoms with Gasteiger partial charge >= 0.3 is 0 Å². The van der Waals surface area contributed by atoms with Gasteiger partial charge in [0.15, 0.2) is 0 Å². The molecule has 6 heteroatoms. The first kappa shape index (κ1) is 14.1. The van der Waals surface area contributed by atoms with Gasteiger partial charge in [-0.3, -0.25) is 9.71 Å². The highest BCUT2D eigenvalue weighted by Crippen LogP contribution is 2.18. The number of aromatic nitrogens is 1. The summed E-state index contributed by atoms with van der Waals surface area (Å²) in [5.41, 5.74) is 6.18. The average molecular weight is 287 g/mol. The van der Waals surface area contributed by atoms with Gasteiger partial charge in [0.05, 0.1) is 12.2 Å². The summed E-state index contributed by atoms with van der Waals surface area (Å²) in [6.07, 6.45) is 3.02. The van der Waals surface area contributed by atoms with Crippen LogP contribution in [0.1, 0.15) is 5.56 Å². The first-order valence-corrected chi connectivity index (χ1v) is 7.32. The van der Waals surface area contributed by atoms with Gasteiger partial charge in [0.1, 0.15) is 4.90 Å². The molecule has 2 aromatic rings. The summed E-state index contributed by atoms with van der Waals surface area (Å²) < 4.78 is 27.2. The molecule has 0 aliphatic rings. The van der Waals surface area contributed by atoms with Crippen molar-refractivity contribution in [3.63, 3.8) is 0 Å². The third kappa shape index (κ3) is 3.35. The van der Waals surface area contributed by atoms with E-state index in [-0.39, 0.29) is 11.4 Å². The lowest BCUT2D eigenvalue weighted by Crippen LogP contribution is -2.14. The van der Waals surface area contributed by atoms with E-state index < -0.39 is 10.0 Å². The van der Waals surface area contributed by atoms with E-state index in [4.69, 9.17) is 5.73 Å². The van der Waals surface area contributed by atoms with Crippen LogP contribution >= 0.6 is 0 Å². The maximum absolute atomic E-state index is 12.4. The topological polar surface area (TPSA) is 85.1 Å². The minimum atomic E-state index is -3.70. The lowest BCUT2D eigenvalue weighted by Gasteiger charge is -2.09. The second-order valence-corrected chi connectivity index (χ2v) is 5.49. The number of rotatable bonds is 3. The maximum atomic E-state index is 12.4. The standard InChI is InChI=1S/C14H13N3O2S/c15-9-3-5-12-4-1-2-6-14(12)20(18,19)17-13-7-10-16-11-8-13/h1-2,4,6-8,10-11H,9,15H2,(H,16,17). The summed E-state index contributed by atoms with van der Waals surface area (Å²) in [5.74, 6) is 5.41. The van der Waals surface area contributed by atoms with Crippen LogP contribution in [0.4, 0.5) is 5.69 Å². The summed E-state index contributed by atoms with van der Waals surface area (Å²) >= 11 is 0. The second kappa shape index (κ2) is 6.19. The first-order valence-electron chi connectivity index (χ1n) is 5.84. The molecule has 0 aliphatic carbocycles. The zero-order valence-corrected chi connectivity index (χ0v) is 11.4. The van der Waals surface area contributed by atoms with Crippen LogP contribution in [0.5, 0.6) is 0 Å². The molecular formula is C14H13N3O2S. The van der Waals surface area contributed by atoms with E-state index in [9.17, 15) is 8.42 Å². The lowest BCUT2D eigenvalue weighted by atomic mass is 10.2. The first-order chi connectivity index (χ1) is 9.63. The van der Waals surface area contributed by atoms with Crippen LogP contribution < -0.4 is 10.5 Å². The Kier molecular flexibility index (Phi) is 4.35. The van der Waals surface area contributed by atoms with Gasteiger partial charge < -0.3 is 5.73 Å². The van der Waals surface area contributed by atoms with Crippen molar-refractivity contribution < 1.29 is 8.42 Å². The Morgan fingerprint density at radius 1 is 1.15 bits per heavy atom. The van der Waals surface area contributed by atoms with Gasteiger partial charge in [-0.15, -0.1) is 0 Å². The van der Waals surface area contributed by atoms with Crippen LogP contribution in [-0.4, -0.2) is 19.9 Å². The number of hydrogen-bond donors (Lipinski definition) is 2. The summed E-state index contributed by atoms with van der Waals surface area (Å²) in [5, 5.41) is 0. The average Bonchev–Trinajstić information content (AvgIpc) is 2.46. The number of benzene rings is 1. The molecule has 0 radical (unpaired) electrons. The zero-order valence-electron chi connectivity index (χ0n) is 10.6. The number of nitrogens with zero attached hydrogens (tertiary/aromatic N) is 1. The van der Waals surface area contributed by atoms with Gasteiger partial charge in [-0.1, -0.05) is 24.0 Å². The lowest BCUT2D eigenvalue weighted by molar-refractivity contribution is 0.601. The van der Waals surface area contributed by atoms with E-state index in [1.807, 2.05) is 0 Å². The minimum absolute atomic E-state index is 0.123. The molecule has 0 fully saturated rings. The van der Waals surface area contributed by atoms with E-state index in [0.717, 1.165) is 0 Å². The van der Waals surface area contributed by atoms with E-state index in [1.165, 1.54) is 18.5 Å². The fourth-order valence-electron chi connectivity index (χ4n) is 1.58. The van der Waals surface area contributed by atoms with Gasteiger partial charge in [-0.05, 0) is 24.3 Å². The molecule has 0 bridgehead atoms. The van der Waals surface area contributed by atoms with Crippen molar-refractivity contribution in [2.45, 2.75) is 4.90 Å². The van der Waals surface area contributed by atoms with Crippen molar-refractivity contribution in [1.29, 1.82) is 0 Å². The van der Waals surface area contributed by atoms with Crippen LogP contribution in [0.15, 0.2) is 53.7 Å². The van der Waals surface area contributed by atoms with Crippen LogP contribution in [0.3, 0.4) is 0 Å². The predicted molar refractivity (Wildman–Crippen MR) is 77.4 cm³/mol. The van der Waals surface area contributed by atoms with Gasteiger partial charge in [-0.25, -0.2) is 8.42 Å². The fourth-order valence-corrected chi connectivity index (χ4v) is 2.80. The molecule has 5 nitrogen and oxygen atoms in total. The fraction of sp³-hybridized carbons (Fsp3) is 0.0714. The molecule has 1 aromatic carbocycles.